The molecule has 2 aromatic carbocycles. The van der Waals surface area contributed by atoms with Gasteiger partial charge in [0.05, 0.1) is 12.1 Å². The van der Waals surface area contributed by atoms with E-state index in [1.165, 1.54) is 5.56 Å². The molecule has 0 radical (unpaired) electrons. The van der Waals surface area contributed by atoms with Crippen LogP contribution in [0.4, 0.5) is 0 Å². The number of carbonyl (C=O) groups excluding carboxylic acids is 1. The molecule has 1 saturated heterocycles. The van der Waals surface area contributed by atoms with Crippen molar-refractivity contribution in [1.29, 1.82) is 0 Å². The van der Waals surface area contributed by atoms with Crippen LogP contribution in [0.3, 0.4) is 0 Å². The molecule has 5 heteroatoms. The number of likely N-dealkylation sites (tertiary alicyclic amines) is 1. The maximum absolute atomic E-state index is 12.5. The first kappa shape index (κ1) is 19.2. The van der Waals surface area contributed by atoms with Gasteiger partial charge in [0.15, 0.2) is 6.61 Å². The molecule has 29 heavy (non-hydrogen) atoms. The monoisotopic (exact) mass is 390 g/mol. The lowest BCUT2D eigenvalue weighted by atomic mass is 10.0. The van der Waals surface area contributed by atoms with Crippen LogP contribution in [0.25, 0.3) is 10.9 Å². The van der Waals surface area contributed by atoms with Gasteiger partial charge in [0, 0.05) is 24.4 Å². The molecule has 1 aromatic heterocycles. The van der Waals surface area contributed by atoms with E-state index in [4.69, 9.17) is 9.47 Å². The molecule has 2 heterocycles. The molecule has 150 valence electrons. The number of benzene rings is 2. The molecule has 1 fully saturated rings. The average Bonchev–Trinajstić information content (AvgIpc) is 3.21. The zero-order valence-corrected chi connectivity index (χ0v) is 16.9. The second kappa shape index (κ2) is 8.52. The summed E-state index contributed by atoms with van der Waals surface area (Å²) in [7, 11) is 0. The first-order chi connectivity index (χ1) is 14.1. The van der Waals surface area contributed by atoms with Crippen LogP contribution in [0, 0.1) is 0 Å². The van der Waals surface area contributed by atoms with E-state index >= 15 is 0 Å². The van der Waals surface area contributed by atoms with E-state index in [2.05, 4.69) is 18.8 Å². The quantitative estimate of drug-likeness (QED) is 0.625. The van der Waals surface area contributed by atoms with Crippen molar-refractivity contribution in [3.63, 3.8) is 0 Å². The third-order valence-electron chi connectivity index (χ3n) is 5.27. The van der Waals surface area contributed by atoms with Crippen LogP contribution < -0.4 is 9.47 Å². The summed E-state index contributed by atoms with van der Waals surface area (Å²) in [6.07, 6.45) is 0.751. The molecule has 0 bridgehead atoms. The van der Waals surface area contributed by atoms with Gasteiger partial charge < -0.3 is 14.4 Å². The Balaban J connectivity index is 1.28. The standard InChI is InChI=1S/C24H26N2O3/c1-17(2)18-7-10-20(11-8-18)28-16-24(27)26-14-13-21(15-26)29-23-12-9-19-5-3-4-6-22(19)25-23/h3-12,17,21H,13-16H2,1-2H3. The van der Waals surface area contributed by atoms with Crippen molar-refractivity contribution in [2.75, 3.05) is 19.7 Å². The number of rotatable bonds is 6. The van der Waals surface area contributed by atoms with E-state index < -0.39 is 0 Å². The second-order valence-electron chi connectivity index (χ2n) is 7.72. The molecule has 4 rings (SSSR count). The van der Waals surface area contributed by atoms with Gasteiger partial charge in [0.2, 0.25) is 5.88 Å². The Morgan fingerprint density at radius 2 is 1.90 bits per heavy atom. The topological polar surface area (TPSA) is 51.7 Å². The Labute approximate surface area is 171 Å². The maximum atomic E-state index is 12.5. The number of ether oxygens (including phenoxy) is 2. The predicted molar refractivity (Wildman–Crippen MR) is 113 cm³/mol. The van der Waals surface area contributed by atoms with E-state index in [9.17, 15) is 4.79 Å². The van der Waals surface area contributed by atoms with Crippen molar-refractivity contribution in [3.8, 4) is 11.6 Å². The van der Waals surface area contributed by atoms with Crippen molar-refractivity contribution in [3.05, 3.63) is 66.2 Å². The highest BCUT2D eigenvalue weighted by molar-refractivity contribution is 5.79. The van der Waals surface area contributed by atoms with E-state index in [1.54, 1.807) is 4.90 Å². The number of aromatic nitrogens is 1. The van der Waals surface area contributed by atoms with Crippen molar-refractivity contribution in [2.45, 2.75) is 32.3 Å². The zero-order valence-electron chi connectivity index (χ0n) is 16.9. The molecule has 1 unspecified atom stereocenters. The lowest BCUT2D eigenvalue weighted by Crippen LogP contribution is -2.34. The van der Waals surface area contributed by atoms with Crippen molar-refractivity contribution in [2.24, 2.45) is 0 Å². The normalized spacial score (nSPS) is 16.4. The minimum atomic E-state index is -0.0436. The van der Waals surface area contributed by atoms with Crippen molar-refractivity contribution >= 4 is 16.8 Å². The van der Waals surface area contributed by atoms with Crippen LogP contribution in [0.1, 0.15) is 31.7 Å². The summed E-state index contributed by atoms with van der Waals surface area (Å²) in [4.78, 5) is 18.8. The molecule has 3 aromatic rings. The van der Waals surface area contributed by atoms with Crippen LogP contribution >= 0.6 is 0 Å². The van der Waals surface area contributed by atoms with Gasteiger partial charge in [-0.15, -0.1) is 0 Å². The van der Waals surface area contributed by atoms with E-state index in [-0.39, 0.29) is 18.6 Å². The van der Waals surface area contributed by atoms with Gasteiger partial charge >= 0.3 is 0 Å². The van der Waals surface area contributed by atoms with Crippen LogP contribution in [0.2, 0.25) is 0 Å². The predicted octanol–water partition coefficient (Wildman–Crippen LogP) is 4.42. The number of hydrogen-bond acceptors (Lipinski definition) is 4. The third-order valence-corrected chi connectivity index (χ3v) is 5.27. The molecule has 0 N–H and O–H groups in total. The summed E-state index contributed by atoms with van der Waals surface area (Å²) >= 11 is 0. The number of pyridine rings is 1. The largest absolute Gasteiger partial charge is 0.484 e. The van der Waals surface area contributed by atoms with Crippen LogP contribution in [-0.2, 0) is 4.79 Å². The third kappa shape index (κ3) is 4.67. The highest BCUT2D eigenvalue weighted by Gasteiger charge is 2.28. The molecule has 0 aliphatic carbocycles. The minimum Gasteiger partial charge on any atom is -0.484 e. The van der Waals surface area contributed by atoms with Crippen LogP contribution in [0.5, 0.6) is 11.6 Å². The number of hydrogen-bond donors (Lipinski definition) is 0. The summed E-state index contributed by atoms with van der Waals surface area (Å²) in [5.74, 6) is 1.78. The molecule has 1 atom stereocenters. The molecule has 0 saturated carbocycles. The Bertz CT molecular complexity index is 985. The van der Waals surface area contributed by atoms with Gasteiger partial charge in [0.1, 0.15) is 11.9 Å². The number of nitrogens with zero attached hydrogens (tertiary/aromatic N) is 2. The van der Waals surface area contributed by atoms with Gasteiger partial charge in [-0.2, -0.15) is 0 Å². The van der Waals surface area contributed by atoms with E-state index in [0.717, 1.165) is 23.1 Å². The first-order valence-corrected chi connectivity index (χ1v) is 10.1. The SMILES string of the molecule is CC(C)c1ccc(OCC(=O)N2CCC(Oc3ccc4ccccc4n3)C2)cc1. The fourth-order valence-corrected chi connectivity index (χ4v) is 3.52. The van der Waals surface area contributed by atoms with Gasteiger partial charge in [-0.3, -0.25) is 4.79 Å². The Hall–Kier alpha value is -3.08. The maximum Gasteiger partial charge on any atom is 0.260 e. The number of amides is 1. The Morgan fingerprint density at radius 3 is 2.69 bits per heavy atom. The summed E-state index contributed by atoms with van der Waals surface area (Å²) in [5, 5.41) is 1.08. The highest BCUT2D eigenvalue weighted by atomic mass is 16.5. The number of para-hydroxylation sites is 1. The van der Waals surface area contributed by atoms with Gasteiger partial charge in [-0.1, -0.05) is 44.2 Å². The summed E-state index contributed by atoms with van der Waals surface area (Å²) in [6.45, 7) is 5.58. The van der Waals surface area contributed by atoms with Gasteiger partial charge in [-0.25, -0.2) is 4.98 Å². The van der Waals surface area contributed by atoms with E-state index in [1.807, 2.05) is 60.7 Å². The Morgan fingerprint density at radius 1 is 1.10 bits per heavy atom. The number of fused-ring (bicyclic) bond motifs is 1. The van der Waals surface area contributed by atoms with Gasteiger partial charge in [0.25, 0.3) is 5.91 Å². The van der Waals surface area contributed by atoms with Gasteiger partial charge in [-0.05, 0) is 35.7 Å². The van der Waals surface area contributed by atoms with E-state index in [0.29, 0.717) is 24.9 Å². The summed E-state index contributed by atoms with van der Waals surface area (Å²) in [6, 6.07) is 19.8. The van der Waals surface area contributed by atoms with Crippen LogP contribution in [-0.4, -0.2) is 41.6 Å². The molecule has 1 aliphatic rings. The van der Waals surface area contributed by atoms with Crippen molar-refractivity contribution in [1.82, 2.24) is 9.88 Å². The first-order valence-electron chi connectivity index (χ1n) is 10.1. The molecular formula is C24H26N2O3. The molecule has 0 spiro atoms. The second-order valence-corrected chi connectivity index (χ2v) is 7.72. The fourth-order valence-electron chi connectivity index (χ4n) is 3.52. The summed E-state index contributed by atoms with van der Waals surface area (Å²) < 4.78 is 11.7. The minimum absolute atomic E-state index is 0.0180. The van der Waals surface area contributed by atoms with Crippen molar-refractivity contribution < 1.29 is 14.3 Å². The Kier molecular flexibility index (Phi) is 5.65. The highest BCUT2D eigenvalue weighted by Crippen LogP contribution is 2.21. The lowest BCUT2D eigenvalue weighted by Gasteiger charge is -2.17. The molecule has 1 aliphatic heterocycles. The zero-order chi connectivity index (χ0) is 20.2. The summed E-state index contributed by atoms with van der Waals surface area (Å²) in [5.41, 5.74) is 2.17. The van der Waals surface area contributed by atoms with Crippen LogP contribution in [0.15, 0.2) is 60.7 Å². The molecule has 1 amide bonds. The molecule has 5 nitrogen and oxygen atoms in total. The number of carbonyl (C=O) groups is 1. The fraction of sp³-hybridized carbons (Fsp3) is 0.333. The smallest absolute Gasteiger partial charge is 0.260 e. The molecular weight excluding hydrogens is 364 g/mol. The lowest BCUT2D eigenvalue weighted by molar-refractivity contribution is -0.132. The average molecular weight is 390 g/mol.